The van der Waals surface area contributed by atoms with E-state index >= 15 is 0 Å². The summed E-state index contributed by atoms with van der Waals surface area (Å²) in [6.45, 7) is -3.32. The first-order chi connectivity index (χ1) is 11.1. The van der Waals surface area contributed by atoms with Crippen molar-refractivity contribution in [3.05, 3.63) is 34.1 Å². The Balaban J connectivity index is 2.34. The zero-order valence-corrected chi connectivity index (χ0v) is 12.0. The molecule has 0 unspecified atom stereocenters. The molecule has 1 aromatic carbocycles. The molecule has 0 aliphatic carbocycles. The number of halogens is 5. The molecule has 2 rings (SSSR count). The second kappa shape index (κ2) is 6.46. The van der Waals surface area contributed by atoms with Gasteiger partial charge in [0, 0.05) is 17.0 Å². The van der Waals surface area contributed by atoms with E-state index in [1.807, 2.05) is 0 Å². The number of nitrogens with two attached hydrogens (primary N) is 1. The number of alkyl halides is 5. The Hall–Kier alpha value is -2.64. The van der Waals surface area contributed by atoms with Gasteiger partial charge < -0.3 is 10.6 Å². The highest BCUT2D eigenvalue weighted by molar-refractivity contribution is 7.99. The zero-order chi connectivity index (χ0) is 18.1. The fourth-order valence-electron chi connectivity index (χ4n) is 1.54. The van der Waals surface area contributed by atoms with Crippen molar-refractivity contribution >= 4 is 17.4 Å². The third-order valence-corrected chi connectivity index (χ3v) is 3.42. The summed E-state index contributed by atoms with van der Waals surface area (Å²) in [6, 6.07) is 2.84. The Morgan fingerprint density at radius 3 is 2.50 bits per heavy atom. The summed E-state index contributed by atoms with van der Waals surface area (Å²) in [7, 11) is 0. The quantitative estimate of drug-likeness (QED) is 0.372. The number of benzene rings is 1. The predicted molar refractivity (Wildman–Crippen MR) is 69.0 cm³/mol. The van der Waals surface area contributed by atoms with Gasteiger partial charge in [0.05, 0.1) is 4.92 Å². The summed E-state index contributed by atoms with van der Waals surface area (Å²) in [4.78, 5) is 9.83. The molecule has 0 radical (unpaired) electrons. The summed E-state index contributed by atoms with van der Waals surface area (Å²) in [6.07, 6.45) is -4.83. The standard InChI is InChI=1S/C10H6F5N5O3S/c11-8(12)23-6-3-4(1-2-5(6)20(21)22)24-9-18-17-7(19(9)16)10(13,14)15/h1-3,8H,16H2. The van der Waals surface area contributed by atoms with Crippen LogP contribution >= 0.6 is 11.8 Å². The number of hydrogen-bond donors (Lipinski definition) is 1. The molecular weight excluding hydrogens is 365 g/mol. The van der Waals surface area contributed by atoms with Crippen LogP contribution in [0, 0.1) is 10.1 Å². The molecule has 1 aromatic heterocycles. The van der Waals surface area contributed by atoms with Crippen LogP contribution in [0.3, 0.4) is 0 Å². The third kappa shape index (κ3) is 3.81. The maximum Gasteiger partial charge on any atom is 0.453 e. The molecule has 0 atom stereocenters. The van der Waals surface area contributed by atoms with Crippen LogP contribution in [-0.2, 0) is 6.18 Å². The molecule has 0 saturated heterocycles. The summed E-state index contributed by atoms with van der Waals surface area (Å²) >= 11 is 0.530. The SMILES string of the molecule is Nn1c(Sc2ccc([N+](=O)[O-])c(OC(F)F)c2)nnc1C(F)(F)F. The minimum atomic E-state index is -4.83. The molecule has 130 valence electrons. The van der Waals surface area contributed by atoms with Gasteiger partial charge in [0.15, 0.2) is 0 Å². The lowest BCUT2D eigenvalue weighted by atomic mass is 10.3. The first-order valence-electron chi connectivity index (χ1n) is 5.78. The minimum Gasteiger partial charge on any atom is -0.427 e. The topological polar surface area (TPSA) is 109 Å². The van der Waals surface area contributed by atoms with E-state index in [-0.39, 0.29) is 9.57 Å². The maximum atomic E-state index is 12.6. The summed E-state index contributed by atoms with van der Waals surface area (Å²) < 4.78 is 66.5. The van der Waals surface area contributed by atoms with Gasteiger partial charge in [-0.3, -0.25) is 10.1 Å². The first-order valence-corrected chi connectivity index (χ1v) is 6.60. The van der Waals surface area contributed by atoms with E-state index in [1.54, 1.807) is 0 Å². The summed E-state index contributed by atoms with van der Waals surface area (Å²) in [5.41, 5.74) is -0.732. The van der Waals surface area contributed by atoms with Gasteiger partial charge >= 0.3 is 18.5 Å². The lowest BCUT2D eigenvalue weighted by Gasteiger charge is -2.08. The van der Waals surface area contributed by atoms with Gasteiger partial charge in [-0.2, -0.15) is 22.0 Å². The summed E-state index contributed by atoms with van der Waals surface area (Å²) in [5.74, 6) is 3.01. The van der Waals surface area contributed by atoms with Crippen LogP contribution in [0.1, 0.15) is 5.82 Å². The van der Waals surface area contributed by atoms with E-state index in [0.29, 0.717) is 11.8 Å². The summed E-state index contributed by atoms with van der Waals surface area (Å²) in [5, 5.41) is 16.5. The van der Waals surface area contributed by atoms with Crippen molar-refractivity contribution in [1.82, 2.24) is 14.9 Å². The van der Waals surface area contributed by atoms with Gasteiger partial charge in [-0.1, -0.05) is 0 Å². The molecule has 0 aliphatic heterocycles. The first kappa shape index (κ1) is 17.7. The van der Waals surface area contributed by atoms with Crippen molar-refractivity contribution in [3.8, 4) is 5.75 Å². The normalized spacial score (nSPS) is 11.8. The van der Waals surface area contributed by atoms with E-state index in [1.165, 1.54) is 0 Å². The predicted octanol–water partition coefficient (Wildman–Crippen LogP) is 2.67. The fraction of sp³-hybridized carbons (Fsp3) is 0.200. The molecule has 1 heterocycles. The van der Waals surface area contributed by atoms with Crippen molar-refractivity contribution in [2.45, 2.75) is 22.8 Å². The highest BCUT2D eigenvalue weighted by atomic mass is 32.2. The molecule has 14 heteroatoms. The van der Waals surface area contributed by atoms with Crippen LogP contribution in [0.2, 0.25) is 0 Å². The van der Waals surface area contributed by atoms with Gasteiger partial charge in [0.1, 0.15) is 0 Å². The van der Waals surface area contributed by atoms with Crippen LogP contribution in [0.15, 0.2) is 28.3 Å². The number of nitrogen functional groups attached to an aromatic ring is 1. The highest BCUT2D eigenvalue weighted by Gasteiger charge is 2.38. The average molecular weight is 371 g/mol. The molecule has 0 spiro atoms. The van der Waals surface area contributed by atoms with Crippen LogP contribution in [0.25, 0.3) is 0 Å². The Morgan fingerprint density at radius 1 is 1.33 bits per heavy atom. The molecule has 2 N–H and O–H groups in total. The highest BCUT2D eigenvalue weighted by Crippen LogP contribution is 2.36. The molecule has 0 fully saturated rings. The van der Waals surface area contributed by atoms with Crippen molar-refractivity contribution < 1.29 is 31.6 Å². The van der Waals surface area contributed by atoms with E-state index in [9.17, 15) is 32.1 Å². The molecular formula is C10H6F5N5O3S. The van der Waals surface area contributed by atoms with Crippen LogP contribution < -0.4 is 10.6 Å². The molecule has 8 nitrogen and oxygen atoms in total. The number of hydrogen-bond acceptors (Lipinski definition) is 7. The molecule has 24 heavy (non-hydrogen) atoms. The number of rotatable bonds is 5. The smallest absolute Gasteiger partial charge is 0.427 e. The number of ether oxygens (including phenoxy) is 1. The number of aromatic nitrogens is 3. The number of nitrogens with zero attached hydrogens (tertiary/aromatic N) is 4. The van der Waals surface area contributed by atoms with Crippen LogP contribution in [0.5, 0.6) is 5.75 Å². The zero-order valence-electron chi connectivity index (χ0n) is 11.2. The molecule has 0 saturated carbocycles. The monoisotopic (exact) mass is 371 g/mol. The molecule has 0 aliphatic rings. The number of nitro groups is 1. The number of nitro benzene ring substituents is 1. The Morgan fingerprint density at radius 2 is 2.00 bits per heavy atom. The maximum absolute atomic E-state index is 12.6. The van der Waals surface area contributed by atoms with Gasteiger partial charge in [-0.15, -0.1) is 10.2 Å². The Labute approximate surface area is 133 Å². The van der Waals surface area contributed by atoms with Crippen molar-refractivity contribution in [2.75, 3.05) is 5.84 Å². The van der Waals surface area contributed by atoms with Gasteiger partial charge in [-0.25, -0.2) is 4.68 Å². The minimum absolute atomic E-state index is 0.0316. The molecule has 2 aromatic rings. The fourth-order valence-corrected chi connectivity index (χ4v) is 2.32. The third-order valence-electron chi connectivity index (χ3n) is 2.47. The average Bonchev–Trinajstić information content (AvgIpc) is 2.79. The van der Waals surface area contributed by atoms with Crippen LogP contribution in [0.4, 0.5) is 27.6 Å². The Bertz CT molecular complexity index is 766. The molecule has 0 amide bonds. The van der Waals surface area contributed by atoms with Crippen molar-refractivity contribution in [2.24, 2.45) is 0 Å². The lowest BCUT2D eigenvalue weighted by molar-refractivity contribution is -0.386. The van der Waals surface area contributed by atoms with Crippen LogP contribution in [-0.4, -0.2) is 26.4 Å². The lowest BCUT2D eigenvalue weighted by Crippen LogP contribution is -2.21. The molecule has 0 bridgehead atoms. The van der Waals surface area contributed by atoms with E-state index in [4.69, 9.17) is 5.84 Å². The van der Waals surface area contributed by atoms with E-state index in [0.717, 1.165) is 18.2 Å². The van der Waals surface area contributed by atoms with E-state index < -0.39 is 40.1 Å². The van der Waals surface area contributed by atoms with Gasteiger partial charge in [-0.05, 0) is 17.8 Å². The van der Waals surface area contributed by atoms with E-state index in [2.05, 4.69) is 14.9 Å². The second-order valence-corrected chi connectivity index (χ2v) is 5.08. The van der Waals surface area contributed by atoms with Crippen molar-refractivity contribution in [1.29, 1.82) is 0 Å². The largest absolute Gasteiger partial charge is 0.453 e. The second-order valence-electron chi connectivity index (χ2n) is 4.04. The van der Waals surface area contributed by atoms with Gasteiger partial charge in [0.25, 0.3) is 5.82 Å². The van der Waals surface area contributed by atoms with Crippen molar-refractivity contribution in [3.63, 3.8) is 0 Å². The Kier molecular flexibility index (Phi) is 4.77. The van der Waals surface area contributed by atoms with Gasteiger partial charge in [0.2, 0.25) is 10.9 Å².